The van der Waals surface area contributed by atoms with Crippen molar-refractivity contribution in [3.63, 3.8) is 0 Å². The van der Waals surface area contributed by atoms with Gasteiger partial charge in [0, 0.05) is 19.2 Å². The molecule has 0 aromatic heterocycles. The van der Waals surface area contributed by atoms with Gasteiger partial charge >= 0.3 is 6.09 Å². The van der Waals surface area contributed by atoms with Gasteiger partial charge in [0.15, 0.2) is 0 Å². The van der Waals surface area contributed by atoms with Crippen molar-refractivity contribution in [2.75, 3.05) is 7.05 Å². The van der Waals surface area contributed by atoms with Crippen molar-refractivity contribution in [1.82, 2.24) is 4.90 Å². The van der Waals surface area contributed by atoms with Crippen LogP contribution >= 0.6 is 0 Å². The van der Waals surface area contributed by atoms with Gasteiger partial charge in [-0.15, -0.1) is 0 Å². The molecule has 0 aliphatic carbocycles. The molecular formula is C16H17N3O2. The fraction of sp³-hybridized carbons (Fsp3) is 0.125. The summed E-state index contributed by atoms with van der Waals surface area (Å²) in [7, 11) is 1.66. The maximum atomic E-state index is 12.0. The molecule has 0 heterocycles. The number of para-hydroxylation sites is 1. The Morgan fingerprint density at radius 3 is 2.57 bits per heavy atom. The number of carbonyl (C=O) groups is 1. The summed E-state index contributed by atoms with van der Waals surface area (Å²) in [5.41, 5.74) is 6.97. The molecule has 0 radical (unpaired) electrons. The van der Waals surface area contributed by atoms with Crippen LogP contribution in [0.5, 0.6) is 5.75 Å². The first kappa shape index (κ1) is 14.6. The molecule has 0 saturated heterocycles. The van der Waals surface area contributed by atoms with E-state index in [2.05, 4.69) is 0 Å². The van der Waals surface area contributed by atoms with Crippen LogP contribution in [0.15, 0.2) is 54.6 Å². The van der Waals surface area contributed by atoms with E-state index in [0.717, 1.165) is 5.56 Å². The third-order valence-electron chi connectivity index (χ3n) is 2.92. The van der Waals surface area contributed by atoms with E-state index in [4.69, 9.17) is 15.9 Å². The number of nitrogen functional groups attached to an aromatic ring is 1. The van der Waals surface area contributed by atoms with Crippen LogP contribution in [0.25, 0.3) is 0 Å². The van der Waals surface area contributed by atoms with E-state index in [1.54, 1.807) is 43.4 Å². The first-order chi connectivity index (χ1) is 10.1. The number of benzene rings is 2. The Kier molecular flexibility index (Phi) is 4.56. The summed E-state index contributed by atoms with van der Waals surface area (Å²) in [5.74, 6) is 0.512. The lowest BCUT2D eigenvalue weighted by Gasteiger charge is -2.17. The van der Waals surface area contributed by atoms with Crippen LogP contribution in [0.2, 0.25) is 0 Å². The van der Waals surface area contributed by atoms with Crippen LogP contribution in [0.3, 0.4) is 0 Å². The lowest BCUT2D eigenvalue weighted by Crippen LogP contribution is -2.29. The number of nitrogens with one attached hydrogen (secondary N) is 1. The summed E-state index contributed by atoms with van der Waals surface area (Å²) in [6.45, 7) is 0.382. The van der Waals surface area contributed by atoms with Crippen LogP contribution in [0.1, 0.15) is 11.1 Å². The number of nitrogens with two attached hydrogens (primary N) is 1. The molecule has 3 N–H and O–H groups in total. The number of ether oxygens (including phenoxy) is 1. The number of nitrogens with zero attached hydrogens (tertiary/aromatic N) is 1. The summed E-state index contributed by atoms with van der Waals surface area (Å²) >= 11 is 0. The predicted octanol–water partition coefficient (Wildman–Crippen LogP) is 2.60. The number of hydrogen-bond acceptors (Lipinski definition) is 3. The minimum atomic E-state index is -0.436. The second kappa shape index (κ2) is 6.56. The standard InChI is InChI=1S/C16H17N3O2/c1-19(16(20)21-14-8-3-2-4-9-14)11-12-6-5-7-13(10-12)15(17)18/h2-10H,11H2,1H3,(H3,17,18). The molecule has 0 aliphatic heterocycles. The van der Waals surface area contributed by atoms with Crippen molar-refractivity contribution in [3.8, 4) is 5.75 Å². The Morgan fingerprint density at radius 2 is 1.90 bits per heavy atom. The highest BCUT2D eigenvalue weighted by molar-refractivity contribution is 5.95. The largest absolute Gasteiger partial charge is 0.415 e. The summed E-state index contributed by atoms with van der Waals surface area (Å²) in [5, 5.41) is 7.42. The van der Waals surface area contributed by atoms with Gasteiger partial charge < -0.3 is 15.4 Å². The topological polar surface area (TPSA) is 79.4 Å². The van der Waals surface area contributed by atoms with Gasteiger partial charge in [0.2, 0.25) is 0 Å². The minimum Gasteiger partial charge on any atom is -0.410 e. The van der Waals surface area contributed by atoms with Crippen molar-refractivity contribution in [2.24, 2.45) is 5.73 Å². The monoisotopic (exact) mass is 283 g/mol. The zero-order chi connectivity index (χ0) is 15.2. The molecule has 21 heavy (non-hydrogen) atoms. The Hall–Kier alpha value is -2.82. The van der Waals surface area contributed by atoms with E-state index in [-0.39, 0.29) is 5.84 Å². The molecule has 0 saturated carbocycles. The molecule has 0 unspecified atom stereocenters. The van der Waals surface area contributed by atoms with E-state index in [1.165, 1.54) is 4.90 Å². The van der Waals surface area contributed by atoms with Crippen molar-refractivity contribution >= 4 is 11.9 Å². The van der Waals surface area contributed by atoms with Gasteiger partial charge in [-0.3, -0.25) is 5.41 Å². The highest BCUT2D eigenvalue weighted by atomic mass is 16.6. The quantitative estimate of drug-likeness (QED) is 0.668. The predicted molar refractivity (Wildman–Crippen MR) is 81.4 cm³/mol. The van der Waals surface area contributed by atoms with E-state index in [9.17, 15) is 4.79 Å². The molecule has 2 aromatic rings. The molecule has 5 nitrogen and oxygen atoms in total. The number of carbonyl (C=O) groups excluding carboxylic acids is 1. The third kappa shape index (κ3) is 4.07. The summed E-state index contributed by atoms with van der Waals surface area (Å²) < 4.78 is 5.25. The molecule has 0 bridgehead atoms. The molecule has 5 heteroatoms. The van der Waals surface area contributed by atoms with Gasteiger partial charge in [-0.1, -0.05) is 36.4 Å². The second-order valence-electron chi connectivity index (χ2n) is 4.65. The summed E-state index contributed by atoms with van der Waals surface area (Å²) in [6.07, 6.45) is -0.436. The number of amides is 1. The fourth-order valence-corrected chi connectivity index (χ4v) is 1.84. The third-order valence-corrected chi connectivity index (χ3v) is 2.92. The van der Waals surface area contributed by atoms with Crippen LogP contribution < -0.4 is 10.5 Å². The zero-order valence-corrected chi connectivity index (χ0v) is 11.7. The van der Waals surface area contributed by atoms with Gasteiger partial charge in [0.05, 0.1) is 0 Å². The number of amidine groups is 1. The lowest BCUT2D eigenvalue weighted by molar-refractivity contribution is 0.161. The maximum absolute atomic E-state index is 12.0. The van der Waals surface area contributed by atoms with Gasteiger partial charge in [-0.05, 0) is 23.8 Å². The van der Waals surface area contributed by atoms with Gasteiger partial charge in [-0.2, -0.15) is 0 Å². The van der Waals surface area contributed by atoms with Crippen LogP contribution in [-0.4, -0.2) is 23.9 Å². The number of hydrogen-bond donors (Lipinski definition) is 2. The van der Waals surface area contributed by atoms with Gasteiger partial charge in [0.25, 0.3) is 0 Å². The molecular weight excluding hydrogens is 266 g/mol. The van der Waals surface area contributed by atoms with Crippen molar-refractivity contribution in [2.45, 2.75) is 6.54 Å². The Balaban J connectivity index is 2.00. The van der Waals surface area contributed by atoms with Gasteiger partial charge in [0.1, 0.15) is 11.6 Å². The fourth-order valence-electron chi connectivity index (χ4n) is 1.84. The smallest absolute Gasteiger partial charge is 0.410 e. The molecule has 0 aliphatic rings. The first-order valence-electron chi connectivity index (χ1n) is 6.47. The van der Waals surface area contributed by atoms with E-state index >= 15 is 0 Å². The second-order valence-corrected chi connectivity index (χ2v) is 4.65. The van der Waals surface area contributed by atoms with Crippen LogP contribution in [0.4, 0.5) is 4.79 Å². The molecule has 108 valence electrons. The zero-order valence-electron chi connectivity index (χ0n) is 11.7. The van der Waals surface area contributed by atoms with Crippen LogP contribution in [-0.2, 0) is 6.54 Å². The normalized spacial score (nSPS) is 9.95. The average molecular weight is 283 g/mol. The van der Waals surface area contributed by atoms with E-state index in [1.807, 2.05) is 18.2 Å². The van der Waals surface area contributed by atoms with Crippen LogP contribution in [0, 0.1) is 5.41 Å². The summed E-state index contributed by atoms with van der Waals surface area (Å²) in [6, 6.07) is 16.1. The number of rotatable bonds is 4. The molecule has 0 spiro atoms. The Morgan fingerprint density at radius 1 is 1.19 bits per heavy atom. The Bertz CT molecular complexity index is 641. The molecule has 2 rings (SSSR count). The highest BCUT2D eigenvalue weighted by Crippen LogP contribution is 2.12. The minimum absolute atomic E-state index is 0.00589. The highest BCUT2D eigenvalue weighted by Gasteiger charge is 2.12. The van der Waals surface area contributed by atoms with Crippen molar-refractivity contribution in [3.05, 3.63) is 65.7 Å². The van der Waals surface area contributed by atoms with E-state index < -0.39 is 6.09 Å². The summed E-state index contributed by atoms with van der Waals surface area (Å²) in [4.78, 5) is 13.4. The molecule has 0 atom stereocenters. The Labute approximate surface area is 123 Å². The average Bonchev–Trinajstić information content (AvgIpc) is 2.48. The first-order valence-corrected chi connectivity index (χ1v) is 6.47. The maximum Gasteiger partial charge on any atom is 0.415 e. The van der Waals surface area contributed by atoms with Crippen molar-refractivity contribution < 1.29 is 9.53 Å². The molecule has 1 amide bonds. The SMILES string of the molecule is CN(Cc1cccc(C(=N)N)c1)C(=O)Oc1ccccc1. The van der Waals surface area contributed by atoms with Gasteiger partial charge in [-0.25, -0.2) is 4.79 Å². The molecule has 2 aromatic carbocycles. The molecule has 0 fully saturated rings. The lowest BCUT2D eigenvalue weighted by atomic mass is 10.1. The van der Waals surface area contributed by atoms with Crippen molar-refractivity contribution in [1.29, 1.82) is 5.41 Å². The van der Waals surface area contributed by atoms with E-state index in [0.29, 0.717) is 17.9 Å².